The summed E-state index contributed by atoms with van der Waals surface area (Å²) in [4.78, 5) is 27.7. The zero-order chi connectivity index (χ0) is 11.0. The average molecular weight is 228 g/mol. The van der Waals surface area contributed by atoms with E-state index in [1.807, 2.05) is 11.9 Å². The van der Waals surface area contributed by atoms with Gasteiger partial charge in [0.15, 0.2) is 6.29 Å². The van der Waals surface area contributed by atoms with Crippen molar-refractivity contribution in [3.63, 3.8) is 0 Å². The number of anilines is 1. The number of aldehydes is 1. The molecule has 0 radical (unpaired) electrons. The van der Waals surface area contributed by atoms with E-state index in [2.05, 4.69) is 4.98 Å². The fourth-order valence-corrected chi connectivity index (χ4v) is 2.06. The predicted molar refractivity (Wildman–Crippen MR) is 56.8 cm³/mol. The summed E-state index contributed by atoms with van der Waals surface area (Å²) in [5.41, 5.74) is -0.475. The van der Waals surface area contributed by atoms with Crippen molar-refractivity contribution in [2.24, 2.45) is 0 Å². The highest BCUT2D eigenvalue weighted by Gasteiger charge is 2.21. The van der Waals surface area contributed by atoms with Gasteiger partial charge in [0, 0.05) is 20.1 Å². The molecule has 0 saturated heterocycles. The maximum absolute atomic E-state index is 11.4. The van der Waals surface area contributed by atoms with Crippen LogP contribution in [0.15, 0.2) is 4.79 Å². The van der Waals surface area contributed by atoms with E-state index in [0.29, 0.717) is 18.6 Å². The lowest BCUT2D eigenvalue weighted by Crippen LogP contribution is -2.34. The molecular weight excluding hydrogens is 218 g/mol. The Morgan fingerprint density at radius 2 is 2.20 bits per heavy atom. The molecule has 0 unspecified atom stereocenters. The zero-order valence-corrected chi connectivity index (χ0v) is 8.99. The fourth-order valence-electron chi connectivity index (χ4n) is 1.82. The summed E-state index contributed by atoms with van der Waals surface area (Å²) in [6, 6.07) is 0. The summed E-state index contributed by atoms with van der Waals surface area (Å²) in [6.45, 7) is 1.49. The molecule has 0 N–H and O–H groups in total. The van der Waals surface area contributed by atoms with Crippen LogP contribution < -0.4 is 10.5 Å². The van der Waals surface area contributed by atoms with Crippen molar-refractivity contribution in [3.8, 4) is 0 Å². The molecule has 0 fully saturated rings. The second-order valence-electron chi connectivity index (χ2n) is 3.47. The Bertz CT molecular complexity index is 469. The Kier molecular flexibility index (Phi) is 2.48. The van der Waals surface area contributed by atoms with E-state index in [0.717, 1.165) is 13.0 Å². The van der Waals surface area contributed by atoms with Crippen LogP contribution in [0.1, 0.15) is 16.8 Å². The van der Waals surface area contributed by atoms with Gasteiger partial charge < -0.3 is 9.47 Å². The first kappa shape index (κ1) is 10.2. The van der Waals surface area contributed by atoms with Gasteiger partial charge in [-0.1, -0.05) is 0 Å². The van der Waals surface area contributed by atoms with Crippen LogP contribution in [0.3, 0.4) is 0 Å². The van der Waals surface area contributed by atoms with Crippen molar-refractivity contribution >= 4 is 23.7 Å². The van der Waals surface area contributed by atoms with Crippen LogP contribution in [-0.4, -0.2) is 29.4 Å². The molecule has 0 aromatic carbocycles. The molecule has 15 heavy (non-hydrogen) atoms. The first-order chi connectivity index (χ1) is 7.15. The van der Waals surface area contributed by atoms with Crippen molar-refractivity contribution in [3.05, 3.63) is 21.2 Å². The van der Waals surface area contributed by atoms with Crippen molar-refractivity contribution in [1.29, 1.82) is 0 Å². The minimum atomic E-state index is -0.560. The number of hydrogen-bond donors (Lipinski definition) is 0. The minimum Gasteiger partial charge on any atom is -0.360 e. The van der Waals surface area contributed by atoms with Gasteiger partial charge in [-0.25, -0.2) is 0 Å². The third-order valence-corrected chi connectivity index (χ3v) is 2.79. The third-order valence-electron chi connectivity index (χ3n) is 2.50. The van der Waals surface area contributed by atoms with Gasteiger partial charge in [-0.05, 0) is 18.0 Å². The summed E-state index contributed by atoms with van der Waals surface area (Å²) in [5.74, 6) is 0.571. The lowest BCUT2D eigenvalue weighted by atomic mass is 10.2. The van der Waals surface area contributed by atoms with Crippen LogP contribution in [0.25, 0.3) is 0 Å². The molecule has 0 aliphatic carbocycles. The molecule has 80 valence electrons. The van der Waals surface area contributed by atoms with Crippen LogP contribution in [0.4, 0.5) is 5.82 Å². The molecule has 5 nitrogen and oxygen atoms in total. The molecule has 6 heteroatoms. The van der Waals surface area contributed by atoms with Gasteiger partial charge in [0.1, 0.15) is 11.4 Å². The molecule has 1 aromatic heterocycles. The van der Waals surface area contributed by atoms with Gasteiger partial charge in [0.25, 0.3) is 5.56 Å². The highest BCUT2D eigenvalue weighted by Crippen LogP contribution is 2.23. The molecule has 0 amide bonds. The van der Waals surface area contributed by atoms with Gasteiger partial charge in [-0.3, -0.25) is 9.59 Å². The van der Waals surface area contributed by atoms with Crippen molar-refractivity contribution in [2.45, 2.75) is 13.0 Å². The molecule has 1 aliphatic rings. The first-order valence-corrected chi connectivity index (χ1v) is 4.99. The lowest BCUT2D eigenvalue weighted by molar-refractivity contribution is 0.112. The molecule has 1 aliphatic heterocycles. The van der Waals surface area contributed by atoms with E-state index in [1.165, 1.54) is 0 Å². The maximum Gasteiger partial charge on any atom is 0.286 e. The summed E-state index contributed by atoms with van der Waals surface area (Å²) >= 11 is 5.85. The number of halogens is 1. The topological polar surface area (TPSA) is 55.2 Å². The van der Waals surface area contributed by atoms with Gasteiger partial charge in [0.2, 0.25) is 5.28 Å². The zero-order valence-electron chi connectivity index (χ0n) is 8.23. The normalized spacial score (nSPS) is 14.9. The highest BCUT2D eigenvalue weighted by atomic mass is 35.5. The summed E-state index contributed by atoms with van der Waals surface area (Å²) in [6.07, 6.45) is 1.46. The Labute approximate surface area is 91.3 Å². The number of hydrogen-bond acceptors (Lipinski definition) is 4. The van der Waals surface area contributed by atoms with Crippen LogP contribution >= 0.6 is 11.6 Å². The summed E-state index contributed by atoms with van der Waals surface area (Å²) in [7, 11) is 1.83. The molecule has 0 atom stereocenters. The standard InChI is InChI=1S/C9H10ClN3O2/c1-12-3-2-4-13-8(12)6(5-14)7(15)11-9(13)10/h5H,2-4H2,1H3. The molecular formula is C9H10ClN3O2. The van der Waals surface area contributed by atoms with Gasteiger partial charge in [0.05, 0.1) is 0 Å². The number of carbonyl (C=O) groups is 1. The van der Waals surface area contributed by atoms with E-state index < -0.39 is 5.56 Å². The maximum atomic E-state index is 11.4. The monoisotopic (exact) mass is 227 g/mol. The highest BCUT2D eigenvalue weighted by molar-refractivity contribution is 6.28. The van der Waals surface area contributed by atoms with Gasteiger partial charge in [-0.15, -0.1) is 0 Å². The average Bonchev–Trinajstić information content (AvgIpc) is 2.20. The number of aromatic nitrogens is 2. The summed E-state index contributed by atoms with van der Waals surface area (Å²) in [5, 5.41) is 0.146. The minimum absolute atomic E-state index is 0.0848. The van der Waals surface area contributed by atoms with Crippen LogP contribution in [0.5, 0.6) is 0 Å². The molecule has 0 spiro atoms. The molecule has 0 saturated carbocycles. The van der Waals surface area contributed by atoms with E-state index in [4.69, 9.17) is 11.6 Å². The van der Waals surface area contributed by atoms with Gasteiger partial charge in [-0.2, -0.15) is 4.98 Å². The Morgan fingerprint density at radius 3 is 2.87 bits per heavy atom. The van der Waals surface area contributed by atoms with Gasteiger partial charge >= 0.3 is 0 Å². The van der Waals surface area contributed by atoms with Crippen LogP contribution in [-0.2, 0) is 6.54 Å². The van der Waals surface area contributed by atoms with Crippen molar-refractivity contribution in [1.82, 2.24) is 9.55 Å². The second kappa shape index (κ2) is 3.66. The molecule has 2 heterocycles. The molecule has 2 rings (SSSR count). The number of fused-ring (bicyclic) bond motifs is 1. The number of carbonyl (C=O) groups excluding carboxylic acids is 1. The second-order valence-corrected chi connectivity index (χ2v) is 3.81. The van der Waals surface area contributed by atoms with Crippen LogP contribution in [0.2, 0.25) is 5.28 Å². The fraction of sp³-hybridized carbons (Fsp3) is 0.444. The number of nitrogens with zero attached hydrogens (tertiary/aromatic N) is 3. The van der Waals surface area contributed by atoms with E-state index in [9.17, 15) is 9.59 Å². The molecule has 1 aromatic rings. The quantitative estimate of drug-likeness (QED) is 0.519. The Hall–Kier alpha value is -1.36. The first-order valence-electron chi connectivity index (χ1n) is 4.62. The third kappa shape index (κ3) is 1.52. The van der Waals surface area contributed by atoms with Crippen molar-refractivity contribution in [2.75, 3.05) is 18.5 Å². The largest absolute Gasteiger partial charge is 0.360 e. The Balaban J connectivity index is 2.77. The summed E-state index contributed by atoms with van der Waals surface area (Å²) < 4.78 is 1.69. The molecule has 0 bridgehead atoms. The predicted octanol–water partition coefficient (Wildman–Crippen LogP) is 0.549. The van der Waals surface area contributed by atoms with Crippen LogP contribution in [0, 0.1) is 0 Å². The van der Waals surface area contributed by atoms with E-state index in [-0.39, 0.29) is 10.8 Å². The number of rotatable bonds is 1. The van der Waals surface area contributed by atoms with E-state index in [1.54, 1.807) is 4.57 Å². The lowest BCUT2D eigenvalue weighted by Gasteiger charge is -2.30. The Morgan fingerprint density at radius 1 is 1.47 bits per heavy atom. The SMILES string of the molecule is CN1CCCn2c(Cl)nc(=O)c(C=O)c21. The smallest absolute Gasteiger partial charge is 0.286 e. The van der Waals surface area contributed by atoms with E-state index >= 15 is 0 Å². The van der Waals surface area contributed by atoms with Crippen molar-refractivity contribution < 1.29 is 4.79 Å².